The summed E-state index contributed by atoms with van der Waals surface area (Å²) in [6, 6.07) is 15.2. The summed E-state index contributed by atoms with van der Waals surface area (Å²) in [4.78, 5) is 32.9. The second-order valence-electron chi connectivity index (χ2n) is 8.28. The molecule has 160 valence electrons. The number of hydrogen-bond acceptors (Lipinski definition) is 5. The molecular formula is C24H27N5O2. The van der Waals surface area contributed by atoms with Crippen molar-refractivity contribution in [1.82, 2.24) is 20.6 Å². The first-order chi connectivity index (χ1) is 14.7. The van der Waals surface area contributed by atoms with Crippen LogP contribution in [0.3, 0.4) is 0 Å². The van der Waals surface area contributed by atoms with E-state index < -0.39 is 5.91 Å². The number of carbonyl (C=O) groups excluding carboxylic acids is 2. The Hall–Kier alpha value is -3.74. The molecule has 0 saturated carbocycles. The third-order valence-electron chi connectivity index (χ3n) is 4.93. The number of aromatic nitrogens is 2. The number of nitrogens with zero attached hydrogens (tertiary/aromatic N) is 2. The number of amides is 2. The highest BCUT2D eigenvalue weighted by Gasteiger charge is 2.15. The number of rotatable bonds is 5. The monoisotopic (exact) mass is 417 g/mol. The predicted octanol–water partition coefficient (Wildman–Crippen LogP) is 3.31. The molecule has 2 amide bonds. The Labute approximate surface area is 182 Å². The van der Waals surface area contributed by atoms with Crippen molar-refractivity contribution in [3.8, 4) is 11.3 Å². The number of nitrogens with one attached hydrogen (secondary N) is 2. The van der Waals surface area contributed by atoms with Gasteiger partial charge in [-0.2, -0.15) is 0 Å². The van der Waals surface area contributed by atoms with Crippen LogP contribution in [0.15, 0.2) is 54.7 Å². The van der Waals surface area contributed by atoms with Crippen molar-refractivity contribution >= 4 is 17.6 Å². The van der Waals surface area contributed by atoms with Crippen molar-refractivity contribution in [2.45, 2.75) is 32.7 Å². The predicted molar refractivity (Wildman–Crippen MR) is 122 cm³/mol. The molecule has 1 aromatic heterocycles. The number of hydrogen-bond donors (Lipinski definition) is 3. The number of carbonyl (C=O) groups is 2. The fraction of sp³-hybridized carbons (Fsp3) is 0.250. The van der Waals surface area contributed by atoms with Gasteiger partial charge in [0.2, 0.25) is 0 Å². The Morgan fingerprint density at radius 1 is 1.03 bits per heavy atom. The molecule has 31 heavy (non-hydrogen) atoms. The number of nitrogen functional groups attached to an aromatic ring is 1. The molecule has 7 heteroatoms. The zero-order valence-electron chi connectivity index (χ0n) is 18.2. The van der Waals surface area contributed by atoms with Crippen molar-refractivity contribution in [3.63, 3.8) is 0 Å². The molecule has 0 aliphatic heterocycles. The lowest BCUT2D eigenvalue weighted by Gasteiger charge is -2.19. The van der Waals surface area contributed by atoms with Gasteiger partial charge in [-0.1, -0.05) is 51.1 Å². The highest BCUT2D eigenvalue weighted by molar-refractivity contribution is 5.96. The number of nitrogens with two attached hydrogens (primary N) is 1. The summed E-state index contributed by atoms with van der Waals surface area (Å²) in [6.45, 7) is 6.77. The first kappa shape index (κ1) is 22.0. The lowest BCUT2D eigenvalue weighted by atomic mass is 9.87. The van der Waals surface area contributed by atoms with E-state index in [0.717, 1.165) is 11.1 Å². The molecule has 0 fully saturated rings. The first-order valence-corrected chi connectivity index (χ1v) is 10.0. The van der Waals surface area contributed by atoms with E-state index in [9.17, 15) is 9.59 Å². The van der Waals surface area contributed by atoms with Gasteiger partial charge in [0.25, 0.3) is 11.8 Å². The van der Waals surface area contributed by atoms with Crippen LogP contribution in [-0.4, -0.2) is 28.8 Å². The summed E-state index contributed by atoms with van der Waals surface area (Å²) in [5, 5.41) is 5.44. The van der Waals surface area contributed by atoms with Crippen molar-refractivity contribution in [2.24, 2.45) is 0 Å². The summed E-state index contributed by atoms with van der Waals surface area (Å²) >= 11 is 0. The van der Waals surface area contributed by atoms with Crippen LogP contribution >= 0.6 is 0 Å². The van der Waals surface area contributed by atoms with Crippen LogP contribution in [0.25, 0.3) is 11.3 Å². The van der Waals surface area contributed by atoms with Gasteiger partial charge in [0, 0.05) is 24.7 Å². The third-order valence-corrected chi connectivity index (χ3v) is 4.93. The highest BCUT2D eigenvalue weighted by Crippen LogP contribution is 2.22. The molecule has 2 aromatic carbocycles. The van der Waals surface area contributed by atoms with E-state index in [0.29, 0.717) is 17.8 Å². The van der Waals surface area contributed by atoms with E-state index in [-0.39, 0.29) is 22.8 Å². The lowest BCUT2D eigenvalue weighted by molar-refractivity contribution is 0.0946. The minimum atomic E-state index is -0.396. The van der Waals surface area contributed by atoms with Gasteiger partial charge in [-0.25, -0.2) is 9.97 Å². The first-order valence-electron chi connectivity index (χ1n) is 10.0. The zero-order chi connectivity index (χ0) is 22.6. The normalized spacial score (nSPS) is 11.1. The van der Waals surface area contributed by atoms with Gasteiger partial charge in [0.05, 0.1) is 11.9 Å². The molecule has 0 aliphatic rings. The molecule has 0 spiro atoms. The van der Waals surface area contributed by atoms with Gasteiger partial charge in [0.15, 0.2) is 11.5 Å². The summed E-state index contributed by atoms with van der Waals surface area (Å²) in [6.07, 6.45) is 1.52. The smallest absolute Gasteiger partial charge is 0.273 e. The van der Waals surface area contributed by atoms with E-state index in [1.54, 1.807) is 0 Å². The van der Waals surface area contributed by atoms with Crippen LogP contribution in [0.2, 0.25) is 0 Å². The minimum absolute atomic E-state index is 0.0398. The van der Waals surface area contributed by atoms with E-state index >= 15 is 0 Å². The van der Waals surface area contributed by atoms with E-state index in [1.807, 2.05) is 48.5 Å². The summed E-state index contributed by atoms with van der Waals surface area (Å²) in [7, 11) is 1.51. The second-order valence-corrected chi connectivity index (χ2v) is 8.28. The Kier molecular flexibility index (Phi) is 6.34. The Bertz CT molecular complexity index is 1100. The molecule has 0 radical (unpaired) electrons. The average Bonchev–Trinajstić information content (AvgIpc) is 2.77. The zero-order valence-corrected chi connectivity index (χ0v) is 18.2. The van der Waals surface area contributed by atoms with Crippen molar-refractivity contribution in [2.75, 3.05) is 12.8 Å². The second kappa shape index (κ2) is 8.95. The molecule has 3 aromatic rings. The summed E-state index contributed by atoms with van der Waals surface area (Å²) in [5.74, 6) is -0.461. The molecule has 7 nitrogen and oxygen atoms in total. The van der Waals surface area contributed by atoms with E-state index in [2.05, 4.69) is 41.4 Å². The summed E-state index contributed by atoms with van der Waals surface area (Å²) in [5.41, 5.74) is 9.88. The van der Waals surface area contributed by atoms with Crippen molar-refractivity contribution < 1.29 is 9.59 Å². The van der Waals surface area contributed by atoms with Crippen molar-refractivity contribution in [1.29, 1.82) is 0 Å². The molecule has 0 bridgehead atoms. The van der Waals surface area contributed by atoms with E-state index in [1.165, 1.54) is 18.8 Å². The van der Waals surface area contributed by atoms with Crippen LogP contribution < -0.4 is 16.4 Å². The SMILES string of the molecule is CNC(=O)c1nc(-c2cccc(CNC(=O)c3ccc(C(C)(C)C)cc3)c2)cnc1N. The standard InChI is InChI=1S/C24H27N5O2/c1-24(2,3)18-10-8-16(9-11-18)22(30)28-13-15-6-5-7-17(12-15)19-14-27-21(25)20(29-19)23(31)26-4/h5-12,14H,13H2,1-4H3,(H2,25,27)(H,26,31)(H,28,30). The van der Waals surface area contributed by atoms with E-state index in [4.69, 9.17) is 5.73 Å². The fourth-order valence-corrected chi connectivity index (χ4v) is 3.07. The Morgan fingerprint density at radius 3 is 2.39 bits per heavy atom. The van der Waals surface area contributed by atoms with Gasteiger partial charge in [-0.3, -0.25) is 9.59 Å². The van der Waals surface area contributed by atoms with Crippen LogP contribution in [0, 0.1) is 0 Å². The molecule has 0 aliphatic carbocycles. The maximum atomic E-state index is 12.5. The topological polar surface area (TPSA) is 110 Å². The van der Waals surface area contributed by atoms with Gasteiger partial charge in [-0.05, 0) is 34.7 Å². The van der Waals surface area contributed by atoms with Gasteiger partial charge in [0.1, 0.15) is 0 Å². The van der Waals surface area contributed by atoms with Gasteiger partial charge >= 0.3 is 0 Å². The third kappa shape index (κ3) is 5.25. The van der Waals surface area contributed by atoms with Crippen LogP contribution in [0.1, 0.15) is 52.7 Å². The molecule has 0 atom stereocenters. The molecule has 4 N–H and O–H groups in total. The highest BCUT2D eigenvalue weighted by atomic mass is 16.2. The molecule has 1 heterocycles. The summed E-state index contributed by atoms with van der Waals surface area (Å²) < 4.78 is 0. The Morgan fingerprint density at radius 2 is 1.74 bits per heavy atom. The molecular weight excluding hydrogens is 390 g/mol. The molecule has 3 rings (SSSR count). The quantitative estimate of drug-likeness (QED) is 0.590. The maximum absolute atomic E-state index is 12.5. The van der Waals surface area contributed by atoms with Gasteiger partial charge < -0.3 is 16.4 Å². The largest absolute Gasteiger partial charge is 0.382 e. The van der Waals surface area contributed by atoms with Crippen molar-refractivity contribution in [3.05, 3.63) is 77.1 Å². The van der Waals surface area contributed by atoms with Crippen LogP contribution in [0.5, 0.6) is 0 Å². The average molecular weight is 418 g/mol. The maximum Gasteiger partial charge on any atom is 0.273 e. The van der Waals surface area contributed by atoms with Gasteiger partial charge in [-0.15, -0.1) is 0 Å². The fourth-order valence-electron chi connectivity index (χ4n) is 3.07. The van der Waals surface area contributed by atoms with Crippen LogP contribution in [0.4, 0.5) is 5.82 Å². The van der Waals surface area contributed by atoms with Crippen LogP contribution in [-0.2, 0) is 12.0 Å². The Balaban J connectivity index is 1.73. The lowest BCUT2D eigenvalue weighted by Crippen LogP contribution is -2.23. The minimum Gasteiger partial charge on any atom is -0.382 e. The number of benzene rings is 2. The number of anilines is 1. The molecule has 0 unspecified atom stereocenters. The molecule has 0 saturated heterocycles.